The van der Waals surface area contributed by atoms with Gasteiger partial charge < -0.3 is 44.3 Å². The van der Waals surface area contributed by atoms with Crippen molar-refractivity contribution in [3.05, 3.63) is 47.6 Å². The fraction of sp³-hybridized carbons (Fsp3) is 0.788. The lowest BCUT2D eigenvalue weighted by molar-refractivity contribution is -0.231. The van der Waals surface area contributed by atoms with E-state index < -0.39 is 89.5 Å². The van der Waals surface area contributed by atoms with E-state index in [0.29, 0.717) is 63.4 Å². The molecule has 2 saturated heterocycles. The number of hydrogen-bond donors (Lipinski definition) is 4. The van der Waals surface area contributed by atoms with E-state index in [1.165, 1.54) is 7.11 Å². The molecule has 370 valence electrons. The van der Waals surface area contributed by atoms with Gasteiger partial charge in [-0.15, -0.1) is 0 Å². The summed E-state index contributed by atoms with van der Waals surface area (Å²) in [5.41, 5.74) is 1.10. The first-order valence-corrected chi connectivity index (χ1v) is 24.4. The Kier molecular flexibility index (Phi) is 20.7. The molecule has 0 radical (unpaired) electrons. The number of halogens is 1. The third kappa shape index (κ3) is 14.4. The molecule has 1 saturated carbocycles. The Morgan fingerprint density at radius 3 is 2.26 bits per heavy atom. The van der Waals surface area contributed by atoms with Crippen LogP contribution in [0.2, 0.25) is 0 Å². The topological polar surface area (TPSA) is 172 Å². The Hall–Kier alpha value is -2.78. The van der Waals surface area contributed by atoms with Gasteiger partial charge in [0.2, 0.25) is 0 Å². The minimum Gasteiger partial charge on any atom is -0.460 e. The zero-order chi connectivity index (χ0) is 48.4. The number of esters is 1. The molecule has 0 spiro atoms. The number of methoxy groups -OCH3 is 2. The minimum absolute atomic E-state index is 0.0237. The number of rotatable bonds is 5. The van der Waals surface area contributed by atoms with Crippen LogP contribution >= 0.6 is 0 Å². The first-order chi connectivity index (χ1) is 30.5. The van der Waals surface area contributed by atoms with Gasteiger partial charge in [0, 0.05) is 39.0 Å². The molecule has 3 heterocycles. The van der Waals surface area contributed by atoms with E-state index in [1.807, 2.05) is 58.9 Å². The van der Waals surface area contributed by atoms with E-state index in [1.54, 1.807) is 34.0 Å². The largest absolute Gasteiger partial charge is 0.460 e. The van der Waals surface area contributed by atoms with Crippen LogP contribution in [0.25, 0.3) is 0 Å². The molecule has 3 fully saturated rings. The molecule has 2 bridgehead atoms. The molecule has 3 unspecified atom stereocenters. The number of fused-ring (bicyclic) bond motifs is 3. The van der Waals surface area contributed by atoms with Crippen LogP contribution in [0.4, 0.5) is 4.39 Å². The highest BCUT2D eigenvalue weighted by Crippen LogP contribution is 2.43. The van der Waals surface area contributed by atoms with E-state index in [-0.39, 0.29) is 49.2 Å². The fourth-order valence-corrected chi connectivity index (χ4v) is 10.5. The summed E-state index contributed by atoms with van der Waals surface area (Å²) in [6.45, 7) is 17.2. The van der Waals surface area contributed by atoms with Crippen molar-refractivity contribution in [2.45, 2.75) is 200 Å². The maximum atomic E-state index is 17.1. The summed E-state index contributed by atoms with van der Waals surface area (Å²) < 4.78 is 40.7. The first kappa shape index (κ1) is 54.8. The molecule has 4 N–H and O–H groups in total. The SMILES string of the molecule is CO[C@@H]1C[C@H](C[C@@H](C)[C@@H]2CC(O)[C@H](C)/C=C(\C)[C@@H](O)[C@@H](OC)C(O)[C@H](C)C[C@H](C)/C=C/C=C/C=C(\C)C(C)(C)C[C@@H]3CC[C@@H](C)[C@@](F)(O3)C(=O)C(=O)N3CCCCC3C(=O)O2)CC[C@H]1O. The lowest BCUT2D eigenvalue weighted by Gasteiger charge is -2.42. The number of cyclic esters (lactones) is 1. The third-order valence-corrected chi connectivity index (χ3v) is 15.3. The minimum atomic E-state index is -2.87. The van der Waals surface area contributed by atoms with Crippen LogP contribution in [-0.2, 0) is 33.3 Å². The van der Waals surface area contributed by atoms with E-state index in [9.17, 15) is 34.8 Å². The van der Waals surface area contributed by atoms with Crippen LogP contribution in [0.5, 0.6) is 0 Å². The molecular formula is C52H84FNO11. The summed E-state index contributed by atoms with van der Waals surface area (Å²) >= 11 is 0. The molecule has 65 heavy (non-hydrogen) atoms. The number of piperidine rings is 1. The molecule has 0 aromatic rings. The highest BCUT2D eigenvalue weighted by molar-refractivity contribution is 6.39. The van der Waals surface area contributed by atoms with Crippen LogP contribution in [0.3, 0.4) is 0 Å². The number of carbonyl (C=O) groups excluding carboxylic acids is 3. The van der Waals surface area contributed by atoms with Crippen molar-refractivity contribution in [1.29, 1.82) is 0 Å². The Labute approximate surface area is 389 Å². The Balaban J connectivity index is 1.70. The monoisotopic (exact) mass is 918 g/mol. The first-order valence-electron chi connectivity index (χ1n) is 24.4. The quantitative estimate of drug-likeness (QED) is 0.121. The molecule has 1 amide bonds. The second-order valence-electron chi connectivity index (χ2n) is 21.0. The van der Waals surface area contributed by atoms with Gasteiger partial charge in [-0.3, -0.25) is 9.59 Å². The van der Waals surface area contributed by atoms with Crippen molar-refractivity contribution in [1.82, 2.24) is 4.90 Å². The molecule has 12 nitrogen and oxygen atoms in total. The number of ketones is 1. The van der Waals surface area contributed by atoms with E-state index in [2.05, 4.69) is 13.0 Å². The average Bonchev–Trinajstić information content (AvgIpc) is 3.26. The van der Waals surface area contributed by atoms with Crippen molar-refractivity contribution < 1.29 is 58.1 Å². The van der Waals surface area contributed by atoms with Crippen molar-refractivity contribution >= 4 is 17.7 Å². The average molecular weight is 918 g/mol. The number of nitrogens with zero attached hydrogens (tertiary/aromatic N) is 1. The molecule has 4 aliphatic rings. The van der Waals surface area contributed by atoms with Crippen LogP contribution in [0, 0.1) is 40.9 Å². The van der Waals surface area contributed by atoms with Gasteiger partial charge in [0.05, 0.1) is 30.5 Å². The lowest BCUT2D eigenvalue weighted by Crippen LogP contribution is -2.59. The molecule has 0 aromatic heterocycles. The molecule has 4 rings (SSSR count). The summed E-state index contributed by atoms with van der Waals surface area (Å²) in [6, 6.07) is -1.14. The van der Waals surface area contributed by atoms with Crippen molar-refractivity contribution in [2.75, 3.05) is 20.8 Å². The zero-order valence-electron chi connectivity index (χ0n) is 41.3. The smallest absolute Gasteiger partial charge is 0.329 e. The molecule has 13 heteroatoms. The van der Waals surface area contributed by atoms with Gasteiger partial charge in [-0.1, -0.05) is 90.5 Å². The van der Waals surface area contributed by atoms with Gasteiger partial charge in [0.25, 0.3) is 17.5 Å². The zero-order valence-corrected chi connectivity index (χ0v) is 41.3. The van der Waals surface area contributed by atoms with Crippen LogP contribution in [0.15, 0.2) is 47.6 Å². The highest BCUT2D eigenvalue weighted by Gasteiger charge is 2.55. The summed E-state index contributed by atoms with van der Waals surface area (Å²) in [4.78, 5) is 43.9. The Morgan fingerprint density at radius 2 is 1.58 bits per heavy atom. The van der Waals surface area contributed by atoms with Crippen LogP contribution < -0.4 is 0 Å². The van der Waals surface area contributed by atoms with Crippen molar-refractivity contribution in [3.8, 4) is 0 Å². The fourth-order valence-electron chi connectivity index (χ4n) is 10.5. The van der Waals surface area contributed by atoms with Crippen molar-refractivity contribution in [3.63, 3.8) is 0 Å². The highest BCUT2D eigenvalue weighted by atomic mass is 19.2. The number of alkyl halides is 1. The van der Waals surface area contributed by atoms with Crippen LogP contribution in [-0.4, -0.2) is 124 Å². The van der Waals surface area contributed by atoms with Gasteiger partial charge in [-0.05, 0) is 119 Å². The number of allylic oxidation sites excluding steroid dienone is 6. The lowest BCUT2D eigenvalue weighted by atomic mass is 9.77. The number of hydrogen-bond acceptors (Lipinski definition) is 11. The van der Waals surface area contributed by atoms with E-state index in [4.69, 9.17) is 18.9 Å². The van der Waals surface area contributed by atoms with E-state index in [0.717, 1.165) is 16.9 Å². The second kappa shape index (κ2) is 24.5. The number of ether oxygens (including phenoxy) is 4. The van der Waals surface area contributed by atoms with Gasteiger partial charge >= 0.3 is 5.97 Å². The number of amides is 1. The predicted octanol–water partition coefficient (Wildman–Crippen LogP) is 7.75. The molecule has 3 aliphatic heterocycles. The second-order valence-corrected chi connectivity index (χ2v) is 21.0. The molecular weight excluding hydrogens is 834 g/mol. The molecule has 16 atom stereocenters. The third-order valence-electron chi connectivity index (χ3n) is 15.3. The number of aliphatic hydroxyl groups excluding tert-OH is 4. The number of carbonyl (C=O) groups is 3. The summed E-state index contributed by atoms with van der Waals surface area (Å²) in [5, 5.41) is 45.2. The normalized spacial score (nSPS) is 42.3. The Bertz CT molecular complexity index is 1700. The van der Waals surface area contributed by atoms with Gasteiger partial charge in [-0.2, -0.15) is 0 Å². The number of aliphatic hydroxyl groups is 4. The maximum Gasteiger partial charge on any atom is 0.329 e. The summed E-state index contributed by atoms with van der Waals surface area (Å²) in [5.74, 6) is -7.68. The van der Waals surface area contributed by atoms with E-state index >= 15 is 4.39 Å². The van der Waals surface area contributed by atoms with Gasteiger partial charge in [0.1, 0.15) is 24.4 Å². The summed E-state index contributed by atoms with van der Waals surface area (Å²) in [7, 11) is 3.04. The Morgan fingerprint density at radius 1 is 0.877 bits per heavy atom. The predicted molar refractivity (Wildman–Crippen MR) is 249 cm³/mol. The maximum absolute atomic E-state index is 17.1. The van der Waals surface area contributed by atoms with Crippen molar-refractivity contribution in [2.24, 2.45) is 40.9 Å². The van der Waals surface area contributed by atoms with Crippen LogP contribution in [0.1, 0.15) is 139 Å². The molecule has 1 aliphatic carbocycles. The standard InChI is InChI=1S/C52H84FNO11/c1-31-17-13-12-14-18-36(6)51(8,9)30-39-22-20-37(7)52(53,65-39)48(59)49(60)54-24-16-15-19-40(54)50(61)64-43(33(3)27-38-21-23-41(55)44(28-38)62-10)29-42(56)32(2)26-35(5)46(58)47(63-11)45(57)34(4)25-31/h12-14,17-18,26,31-34,37-47,55-58H,15-16,19-25,27-30H2,1-11H3/b14-12+,17-13+,35-26+,36-18+/t31-,32-,33-,34-,37-,38+,39+,40?,41-,42?,43+,44-,45?,46-,47+,52-/m1/s1. The molecule has 0 aromatic carbocycles. The van der Waals surface area contributed by atoms with Gasteiger partial charge in [-0.25, -0.2) is 9.18 Å². The van der Waals surface area contributed by atoms with Gasteiger partial charge in [0.15, 0.2) is 0 Å². The summed E-state index contributed by atoms with van der Waals surface area (Å²) in [6.07, 6.45) is 10.9. The number of Topliss-reactive ketones (excluding diaryl/α,β-unsaturated/α-hetero) is 1.